The summed E-state index contributed by atoms with van der Waals surface area (Å²) in [6, 6.07) is 9.49. The van der Waals surface area contributed by atoms with E-state index in [9.17, 15) is 9.90 Å². The van der Waals surface area contributed by atoms with Crippen LogP contribution in [0.25, 0.3) is 0 Å². The molecule has 0 fully saturated rings. The molecule has 0 spiro atoms. The number of aryl methyl sites for hydroxylation is 2. The summed E-state index contributed by atoms with van der Waals surface area (Å²) in [7, 11) is 0. The van der Waals surface area contributed by atoms with Gasteiger partial charge in [-0.15, -0.1) is 0 Å². The molecule has 0 aliphatic heterocycles. The first-order valence-electron chi connectivity index (χ1n) is 7.08. The molecule has 1 heterocycles. The van der Waals surface area contributed by atoms with Crippen LogP contribution in [-0.2, 0) is 17.6 Å². The topological polar surface area (TPSA) is 78.0 Å². The molecule has 112 valence electrons. The fourth-order valence-corrected chi connectivity index (χ4v) is 2.30. The van der Waals surface area contributed by atoms with Crippen molar-refractivity contribution >= 4 is 5.91 Å². The standard InChI is InChI=1S/C16H21N3O2/c1-11-14(12(2)19-18-11)8-9-17-16(21)15(20)10-13-6-4-3-5-7-13/h3-7,15,20H,8-10H2,1-2H3,(H,17,21)(H,18,19)/t15-/m0/s1. The average Bonchev–Trinajstić information content (AvgIpc) is 2.80. The van der Waals surface area contributed by atoms with Crippen LogP contribution < -0.4 is 5.32 Å². The monoisotopic (exact) mass is 287 g/mol. The van der Waals surface area contributed by atoms with Crippen LogP contribution in [0.15, 0.2) is 30.3 Å². The zero-order valence-electron chi connectivity index (χ0n) is 12.4. The summed E-state index contributed by atoms with van der Waals surface area (Å²) in [5, 5.41) is 19.7. The number of hydrogen-bond acceptors (Lipinski definition) is 3. The number of benzene rings is 1. The molecule has 0 unspecified atom stereocenters. The number of aliphatic hydroxyl groups excluding tert-OH is 1. The second-order valence-electron chi connectivity index (χ2n) is 5.16. The number of aromatic nitrogens is 2. The van der Waals surface area contributed by atoms with Crippen LogP contribution in [0.1, 0.15) is 22.5 Å². The molecule has 3 N–H and O–H groups in total. The molecule has 0 aliphatic carbocycles. The van der Waals surface area contributed by atoms with Crippen molar-refractivity contribution < 1.29 is 9.90 Å². The number of carbonyl (C=O) groups excluding carboxylic acids is 1. The van der Waals surface area contributed by atoms with Crippen molar-refractivity contribution in [1.29, 1.82) is 0 Å². The van der Waals surface area contributed by atoms with Gasteiger partial charge in [0.05, 0.1) is 5.69 Å². The quantitative estimate of drug-likeness (QED) is 0.749. The highest BCUT2D eigenvalue weighted by Gasteiger charge is 2.15. The van der Waals surface area contributed by atoms with Crippen LogP contribution >= 0.6 is 0 Å². The molecule has 5 nitrogen and oxygen atoms in total. The summed E-state index contributed by atoms with van der Waals surface area (Å²) >= 11 is 0. The summed E-state index contributed by atoms with van der Waals surface area (Å²) in [6.45, 7) is 4.39. The first kappa shape index (κ1) is 15.3. The van der Waals surface area contributed by atoms with Gasteiger partial charge in [0.1, 0.15) is 6.10 Å². The van der Waals surface area contributed by atoms with Gasteiger partial charge in [-0.1, -0.05) is 30.3 Å². The third kappa shape index (κ3) is 4.16. The number of rotatable bonds is 6. The average molecular weight is 287 g/mol. The van der Waals surface area contributed by atoms with E-state index >= 15 is 0 Å². The maximum Gasteiger partial charge on any atom is 0.249 e. The minimum absolute atomic E-state index is 0.330. The van der Waals surface area contributed by atoms with Gasteiger partial charge in [0.25, 0.3) is 0 Å². The van der Waals surface area contributed by atoms with E-state index in [1.165, 1.54) is 0 Å². The van der Waals surface area contributed by atoms with Crippen molar-refractivity contribution in [2.45, 2.75) is 32.8 Å². The Morgan fingerprint density at radius 3 is 2.67 bits per heavy atom. The van der Waals surface area contributed by atoms with Gasteiger partial charge >= 0.3 is 0 Å². The third-order valence-electron chi connectivity index (χ3n) is 3.53. The molecule has 21 heavy (non-hydrogen) atoms. The SMILES string of the molecule is Cc1n[nH]c(C)c1CCNC(=O)[C@@H](O)Cc1ccccc1. The Balaban J connectivity index is 1.79. The highest BCUT2D eigenvalue weighted by molar-refractivity contribution is 5.80. The highest BCUT2D eigenvalue weighted by atomic mass is 16.3. The van der Waals surface area contributed by atoms with E-state index in [1.807, 2.05) is 44.2 Å². The molecular weight excluding hydrogens is 266 g/mol. The van der Waals surface area contributed by atoms with E-state index in [1.54, 1.807) is 0 Å². The molecule has 2 rings (SSSR count). The fraction of sp³-hybridized carbons (Fsp3) is 0.375. The summed E-state index contributed by atoms with van der Waals surface area (Å²) < 4.78 is 0. The predicted octanol–water partition coefficient (Wildman–Crippen LogP) is 1.29. The Labute approximate surface area is 124 Å². The highest BCUT2D eigenvalue weighted by Crippen LogP contribution is 2.09. The van der Waals surface area contributed by atoms with Crippen molar-refractivity contribution in [2.75, 3.05) is 6.54 Å². The van der Waals surface area contributed by atoms with Gasteiger partial charge in [-0.25, -0.2) is 0 Å². The van der Waals surface area contributed by atoms with E-state index in [0.717, 1.165) is 22.5 Å². The van der Waals surface area contributed by atoms with E-state index in [0.29, 0.717) is 19.4 Å². The van der Waals surface area contributed by atoms with Crippen LogP contribution in [0.4, 0.5) is 0 Å². The van der Waals surface area contributed by atoms with Crippen LogP contribution in [0.3, 0.4) is 0 Å². The molecule has 1 amide bonds. The second-order valence-corrected chi connectivity index (χ2v) is 5.16. The second kappa shape index (κ2) is 7.04. The molecule has 0 radical (unpaired) electrons. The number of nitrogens with zero attached hydrogens (tertiary/aromatic N) is 1. The fourth-order valence-electron chi connectivity index (χ4n) is 2.30. The smallest absolute Gasteiger partial charge is 0.249 e. The number of nitrogens with one attached hydrogen (secondary N) is 2. The lowest BCUT2D eigenvalue weighted by molar-refractivity contribution is -0.129. The summed E-state index contributed by atoms with van der Waals surface area (Å²) in [5.74, 6) is -0.336. The van der Waals surface area contributed by atoms with Crippen molar-refractivity contribution in [1.82, 2.24) is 15.5 Å². The third-order valence-corrected chi connectivity index (χ3v) is 3.53. The van der Waals surface area contributed by atoms with Gasteiger partial charge in [0.15, 0.2) is 0 Å². The number of aromatic amines is 1. The van der Waals surface area contributed by atoms with Gasteiger partial charge in [-0.05, 0) is 31.4 Å². The van der Waals surface area contributed by atoms with Crippen LogP contribution in [0, 0.1) is 13.8 Å². The molecule has 0 saturated heterocycles. The summed E-state index contributed by atoms with van der Waals surface area (Å²) in [6.07, 6.45) is 0.0212. The Hall–Kier alpha value is -2.14. The van der Waals surface area contributed by atoms with Crippen molar-refractivity contribution in [2.24, 2.45) is 0 Å². The first-order chi connectivity index (χ1) is 10.1. The maximum atomic E-state index is 11.9. The Morgan fingerprint density at radius 2 is 2.05 bits per heavy atom. The number of H-pyrrole nitrogens is 1. The van der Waals surface area contributed by atoms with E-state index in [4.69, 9.17) is 0 Å². The number of carbonyl (C=O) groups is 1. The molecule has 0 bridgehead atoms. The van der Waals surface area contributed by atoms with Crippen LogP contribution in [-0.4, -0.2) is 33.9 Å². The molecule has 1 aromatic carbocycles. The summed E-state index contributed by atoms with van der Waals surface area (Å²) in [5.41, 5.74) is 4.03. The zero-order valence-corrected chi connectivity index (χ0v) is 12.4. The van der Waals surface area contributed by atoms with Gasteiger partial charge < -0.3 is 10.4 Å². The molecule has 0 saturated carbocycles. The Bertz CT molecular complexity index is 573. The number of amides is 1. The minimum Gasteiger partial charge on any atom is -0.383 e. The van der Waals surface area contributed by atoms with E-state index < -0.39 is 6.10 Å². The first-order valence-corrected chi connectivity index (χ1v) is 7.08. The largest absolute Gasteiger partial charge is 0.383 e. The molecular formula is C16H21N3O2. The van der Waals surface area contributed by atoms with Crippen molar-refractivity contribution in [3.05, 3.63) is 52.8 Å². The molecule has 1 atom stereocenters. The van der Waals surface area contributed by atoms with Gasteiger partial charge in [-0.2, -0.15) is 5.10 Å². The lowest BCUT2D eigenvalue weighted by Crippen LogP contribution is -2.37. The van der Waals surface area contributed by atoms with Crippen LogP contribution in [0.2, 0.25) is 0 Å². The maximum absolute atomic E-state index is 11.9. The Kier molecular flexibility index (Phi) is 5.11. The van der Waals surface area contributed by atoms with Crippen molar-refractivity contribution in [3.8, 4) is 0 Å². The van der Waals surface area contributed by atoms with Crippen molar-refractivity contribution in [3.63, 3.8) is 0 Å². The normalized spacial score (nSPS) is 12.1. The van der Waals surface area contributed by atoms with Gasteiger partial charge in [-0.3, -0.25) is 9.89 Å². The molecule has 2 aromatic rings. The predicted molar refractivity (Wildman–Crippen MR) is 80.9 cm³/mol. The van der Waals surface area contributed by atoms with Gasteiger partial charge in [0, 0.05) is 18.7 Å². The number of aliphatic hydroxyl groups is 1. The minimum atomic E-state index is -1.01. The summed E-state index contributed by atoms with van der Waals surface area (Å²) in [4.78, 5) is 11.9. The van der Waals surface area contributed by atoms with Crippen LogP contribution in [0.5, 0.6) is 0 Å². The Morgan fingerprint density at radius 1 is 1.33 bits per heavy atom. The van der Waals surface area contributed by atoms with E-state index in [2.05, 4.69) is 15.5 Å². The number of hydrogen-bond donors (Lipinski definition) is 3. The van der Waals surface area contributed by atoms with Gasteiger partial charge in [0.2, 0.25) is 5.91 Å². The van der Waals surface area contributed by atoms with E-state index in [-0.39, 0.29) is 5.91 Å². The molecule has 0 aliphatic rings. The lowest BCUT2D eigenvalue weighted by atomic mass is 10.1. The molecule has 1 aromatic heterocycles. The zero-order chi connectivity index (χ0) is 15.2. The molecule has 5 heteroatoms. The lowest BCUT2D eigenvalue weighted by Gasteiger charge is -2.11.